The van der Waals surface area contributed by atoms with Gasteiger partial charge in [-0.2, -0.15) is 0 Å². The van der Waals surface area contributed by atoms with Crippen LogP contribution in [-0.2, 0) is 35.3 Å². The van der Waals surface area contributed by atoms with E-state index < -0.39 is 47.4 Å². The molecular weight excluding hydrogens is 611 g/mol. The van der Waals surface area contributed by atoms with Crippen LogP contribution in [0.5, 0.6) is 0 Å². The third-order valence-corrected chi connectivity index (χ3v) is 8.51. The van der Waals surface area contributed by atoms with Gasteiger partial charge in [0, 0.05) is 16.9 Å². The Morgan fingerprint density at radius 1 is 1.38 bits per heavy atom. The first-order valence-corrected chi connectivity index (χ1v) is 15.1. The van der Waals surface area contributed by atoms with Gasteiger partial charge < -0.3 is 25.7 Å². The molecule has 19 heteroatoms. The summed E-state index contributed by atoms with van der Waals surface area (Å²) in [6, 6.07) is -1.04. The lowest BCUT2D eigenvalue weighted by molar-refractivity contribution is -0.160. The smallest absolute Gasteiger partial charge is 0.352 e. The second-order valence-corrected chi connectivity index (χ2v) is 12.6. The summed E-state index contributed by atoms with van der Waals surface area (Å²) >= 11 is 3.59. The van der Waals surface area contributed by atoms with E-state index >= 15 is 0 Å². The third kappa shape index (κ3) is 7.08. The Bertz CT molecular complexity index is 1460. The van der Waals surface area contributed by atoms with E-state index in [0.29, 0.717) is 23.0 Å². The van der Waals surface area contributed by atoms with Crippen LogP contribution in [0.1, 0.15) is 26.5 Å². The number of oxime groups is 1. The van der Waals surface area contributed by atoms with Crippen LogP contribution in [0.15, 0.2) is 39.6 Å². The first-order chi connectivity index (χ1) is 19.9. The van der Waals surface area contributed by atoms with E-state index in [9.17, 15) is 24.3 Å². The van der Waals surface area contributed by atoms with Crippen LogP contribution < -0.4 is 11.1 Å². The number of esters is 1. The first kappa shape index (κ1) is 31.0. The fourth-order valence-corrected chi connectivity index (χ4v) is 6.73. The number of nitrogen functional groups attached to an aromatic ring is 1. The number of β-lactam (4-membered cyclic amide) rings is 1. The van der Waals surface area contributed by atoms with Gasteiger partial charge in [-0.25, -0.2) is 19.3 Å². The summed E-state index contributed by atoms with van der Waals surface area (Å²) in [6.07, 6.45) is 1.63. The zero-order chi connectivity index (χ0) is 30.6. The molecule has 1 fully saturated rings. The molecule has 4 heterocycles. The van der Waals surface area contributed by atoms with Gasteiger partial charge in [-0.15, -0.1) is 34.8 Å². The lowest BCUT2D eigenvalue weighted by atomic mass is 10.0. The average molecular weight is 638 g/mol. The predicted octanol–water partition coefficient (Wildman–Crippen LogP) is 0.491. The predicted molar refractivity (Wildman–Crippen MR) is 153 cm³/mol. The van der Waals surface area contributed by atoms with E-state index in [0.717, 1.165) is 16.2 Å². The van der Waals surface area contributed by atoms with Crippen molar-refractivity contribution in [3.8, 4) is 0 Å². The van der Waals surface area contributed by atoms with E-state index in [1.165, 1.54) is 33.6 Å². The lowest BCUT2D eigenvalue weighted by Gasteiger charge is -2.49. The van der Waals surface area contributed by atoms with Gasteiger partial charge in [-0.3, -0.25) is 14.5 Å². The van der Waals surface area contributed by atoms with Crippen LogP contribution in [0.25, 0.3) is 0 Å². The molecule has 2 aromatic rings. The van der Waals surface area contributed by atoms with E-state index in [1.807, 2.05) is 0 Å². The molecule has 4 N–H and O–H groups in total. The van der Waals surface area contributed by atoms with E-state index in [4.69, 9.17) is 15.3 Å². The number of anilines is 1. The Morgan fingerprint density at radius 3 is 2.79 bits per heavy atom. The fraction of sp³-hybridized carbons (Fsp3) is 0.435. The van der Waals surface area contributed by atoms with Crippen molar-refractivity contribution in [3.05, 3.63) is 35.0 Å². The van der Waals surface area contributed by atoms with Crippen LogP contribution in [0.3, 0.4) is 0 Å². The van der Waals surface area contributed by atoms with Crippen molar-refractivity contribution >= 4 is 69.5 Å². The largest absolute Gasteiger partial charge is 0.477 e. The molecule has 42 heavy (non-hydrogen) atoms. The number of carboxylic acid groups (broad SMARTS) is 1. The number of hydrogen-bond acceptors (Lipinski definition) is 15. The highest BCUT2D eigenvalue weighted by molar-refractivity contribution is 8.01. The highest BCUT2D eigenvalue weighted by atomic mass is 32.2. The highest BCUT2D eigenvalue weighted by Gasteiger charge is 2.54. The zero-order valence-corrected chi connectivity index (χ0v) is 25.1. The van der Waals surface area contributed by atoms with Gasteiger partial charge in [0.1, 0.15) is 28.4 Å². The molecule has 224 valence electrons. The Kier molecular flexibility index (Phi) is 9.52. The van der Waals surface area contributed by atoms with Crippen molar-refractivity contribution in [3.63, 3.8) is 0 Å². The maximum absolute atomic E-state index is 13.2. The maximum atomic E-state index is 13.2. The Labute approximate surface area is 251 Å². The number of aromatic nitrogens is 5. The second-order valence-electron chi connectivity index (χ2n) is 9.71. The van der Waals surface area contributed by atoms with E-state index in [-0.39, 0.29) is 28.0 Å². The molecule has 1 saturated heterocycles. The molecule has 1 unspecified atom stereocenters. The minimum absolute atomic E-state index is 0.0725. The van der Waals surface area contributed by atoms with Gasteiger partial charge in [0.15, 0.2) is 10.8 Å². The van der Waals surface area contributed by atoms with Gasteiger partial charge in [-0.05, 0) is 36.8 Å². The summed E-state index contributed by atoms with van der Waals surface area (Å²) in [5.41, 5.74) is 5.08. The zero-order valence-electron chi connectivity index (χ0n) is 22.7. The number of fused-ring (bicyclic) bond motifs is 1. The van der Waals surface area contributed by atoms with Crippen LogP contribution >= 0.6 is 34.9 Å². The standard InChI is InChI=1S/C23H27N9O7S3/c1-5-6-31-22(27-29-30-31)42-9-11-8-40-19-15(18(35)32(19)16(11)20(36)37)26-17(34)14(12-10-41-21(24)25-12)28-38-7-13(33)39-23(2,3)4/h5,10,15,19H,1,6-9H2,2-4H3,(H2,24,25)(H,26,34)(H,36,37)/b28-14-/t15?,19-/m1/s1. The molecule has 4 rings (SSSR count). The molecule has 2 aliphatic heterocycles. The van der Waals surface area contributed by atoms with Gasteiger partial charge >= 0.3 is 11.9 Å². The van der Waals surface area contributed by atoms with Gasteiger partial charge in [0.25, 0.3) is 11.8 Å². The molecule has 0 radical (unpaired) electrons. The minimum atomic E-state index is -1.27. The highest BCUT2D eigenvalue weighted by Crippen LogP contribution is 2.41. The number of rotatable bonds is 12. The average Bonchev–Trinajstić information content (AvgIpc) is 3.55. The number of nitrogens with one attached hydrogen (secondary N) is 1. The number of thiazole rings is 1. The maximum Gasteiger partial charge on any atom is 0.352 e. The molecule has 0 aliphatic carbocycles. The number of carbonyl (C=O) groups excluding carboxylic acids is 3. The number of aliphatic carboxylic acids is 1. The Morgan fingerprint density at radius 2 is 2.14 bits per heavy atom. The van der Waals surface area contributed by atoms with Crippen LogP contribution in [0.4, 0.5) is 5.13 Å². The summed E-state index contributed by atoms with van der Waals surface area (Å²) in [5, 5.41) is 29.2. The molecule has 2 atom stereocenters. The Hall–Kier alpha value is -3.97. The van der Waals surface area contributed by atoms with Crippen molar-refractivity contribution in [2.24, 2.45) is 5.16 Å². The molecular formula is C23H27N9O7S3. The summed E-state index contributed by atoms with van der Waals surface area (Å²) in [7, 11) is 0. The van der Waals surface area contributed by atoms with Crippen molar-refractivity contribution in [2.75, 3.05) is 23.8 Å². The molecule has 2 amide bonds. The number of nitrogens with two attached hydrogens (primary N) is 1. The van der Waals surface area contributed by atoms with Crippen LogP contribution in [0, 0.1) is 0 Å². The monoisotopic (exact) mass is 637 g/mol. The number of thioether (sulfide) groups is 2. The third-order valence-electron chi connectivity index (χ3n) is 5.45. The molecule has 2 aliphatic rings. The molecule has 2 aromatic heterocycles. The van der Waals surface area contributed by atoms with Crippen LogP contribution in [0.2, 0.25) is 0 Å². The van der Waals surface area contributed by atoms with Crippen molar-refractivity contribution in [1.29, 1.82) is 0 Å². The van der Waals surface area contributed by atoms with Crippen molar-refractivity contribution in [2.45, 2.75) is 49.5 Å². The second kappa shape index (κ2) is 12.9. The minimum Gasteiger partial charge on any atom is -0.477 e. The molecule has 0 aromatic carbocycles. The number of ether oxygens (including phenoxy) is 1. The van der Waals surface area contributed by atoms with Gasteiger partial charge in [0.2, 0.25) is 11.8 Å². The number of hydrogen-bond donors (Lipinski definition) is 3. The first-order valence-electron chi connectivity index (χ1n) is 12.2. The molecule has 0 saturated carbocycles. The molecule has 0 spiro atoms. The number of carboxylic acids is 1. The topological polar surface area (TPSA) is 217 Å². The quantitative estimate of drug-likeness (QED) is 0.0721. The van der Waals surface area contributed by atoms with Gasteiger partial charge in [0.05, 0.1) is 6.54 Å². The van der Waals surface area contributed by atoms with E-state index in [1.54, 1.807) is 26.8 Å². The van der Waals surface area contributed by atoms with E-state index in [2.05, 4.69) is 37.6 Å². The lowest BCUT2D eigenvalue weighted by Crippen LogP contribution is -2.71. The normalized spacial score (nSPS) is 18.7. The molecule has 0 bridgehead atoms. The number of nitrogens with zero attached hydrogens (tertiary/aromatic N) is 7. The summed E-state index contributed by atoms with van der Waals surface area (Å²) < 4.78 is 6.68. The number of tetrazole rings is 1. The van der Waals surface area contributed by atoms with Crippen molar-refractivity contribution < 1.29 is 33.9 Å². The van der Waals surface area contributed by atoms with Crippen molar-refractivity contribution in [1.82, 2.24) is 35.4 Å². The SMILES string of the molecule is C=CCn1nnnc1SCC1=C(C(=O)O)N2C(=O)C(NC(=O)/C(=N\OCC(=O)OC(C)(C)C)c3csc(N)n3)[C@H]2SC1. The number of carbonyl (C=O) groups is 4. The summed E-state index contributed by atoms with van der Waals surface area (Å²) in [6.45, 7) is 8.53. The molecule has 16 nitrogen and oxygen atoms in total. The van der Waals surface area contributed by atoms with Gasteiger partial charge in [-0.1, -0.05) is 23.0 Å². The number of allylic oxidation sites excluding steroid dienone is 1. The Balaban J connectivity index is 1.46. The fourth-order valence-electron chi connectivity index (χ4n) is 3.81. The number of amides is 2. The van der Waals surface area contributed by atoms with Crippen LogP contribution in [-0.4, -0.2) is 99.8 Å². The summed E-state index contributed by atoms with van der Waals surface area (Å²) in [4.78, 5) is 60.8. The summed E-state index contributed by atoms with van der Waals surface area (Å²) in [5.74, 6) is -2.87.